The monoisotopic (exact) mass is 171 g/mol. The van der Waals surface area contributed by atoms with Crippen molar-refractivity contribution < 1.29 is 4.84 Å². The van der Waals surface area contributed by atoms with Gasteiger partial charge in [0.25, 0.3) is 0 Å². The van der Waals surface area contributed by atoms with Gasteiger partial charge < -0.3 is 0 Å². The zero-order valence-electron chi connectivity index (χ0n) is 8.31. The van der Waals surface area contributed by atoms with E-state index >= 15 is 0 Å². The molecule has 0 bridgehead atoms. The Labute approximate surface area is 75.4 Å². The Morgan fingerprint density at radius 2 is 1.92 bits per heavy atom. The molecule has 2 nitrogen and oxygen atoms in total. The number of hydrogen-bond acceptors (Lipinski definition) is 2. The van der Waals surface area contributed by atoms with Gasteiger partial charge >= 0.3 is 0 Å². The number of hydrogen-bond donors (Lipinski definition) is 1. The quantitative estimate of drug-likeness (QED) is 0.660. The van der Waals surface area contributed by atoms with Crippen LogP contribution in [0, 0.1) is 5.92 Å². The zero-order chi connectivity index (χ0) is 9.03. The lowest BCUT2D eigenvalue weighted by Gasteiger charge is -2.23. The molecule has 1 aliphatic carbocycles. The predicted molar refractivity (Wildman–Crippen MR) is 50.5 cm³/mol. The second-order valence-corrected chi connectivity index (χ2v) is 4.57. The van der Waals surface area contributed by atoms with E-state index in [0.717, 1.165) is 12.3 Å². The molecule has 1 aliphatic rings. The molecule has 0 saturated heterocycles. The highest BCUT2D eigenvalue weighted by Crippen LogP contribution is 2.30. The molecule has 0 spiro atoms. The van der Waals surface area contributed by atoms with E-state index in [-0.39, 0.29) is 5.60 Å². The van der Waals surface area contributed by atoms with E-state index in [2.05, 4.69) is 13.8 Å². The molecule has 1 saturated carbocycles. The summed E-state index contributed by atoms with van der Waals surface area (Å²) in [5.41, 5.74) is -0.122. The Morgan fingerprint density at radius 1 is 1.33 bits per heavy atom. The van der Waals surface area contributed by atoms with Crippen LogP contribution in [0.3, 0.4) is 0 Å². The van der Waals surface area contributed by atoms with Crippen molar-refractivity contribution in [3.8, 4) is 0 Å². The third-order valence-electron chi connectivity index (χ3n) is 2.95. The molecule has 0 unspecified atom stereocenters. The SMILES string of the molecule is CC(C)(CCC1CCCC1)ON. The highest BCUT2D eigenvalue weighted by Gasteiger charge is 2.21. The van der Waals surface area contributed by atoms with Crippen LogP contribution in [-0.2, 0) is 4.84 Å². The molecule has 12 heavy (non-hydrogen) atoms. The lowest BCUT2D eigenvalue weighted by molar-refractivity contribution is -0.0291. The van der Waals surface area contributed by atoms with Gasteiger partial charge in [-0.2, -0.15) is 0 Å². The average molecular weight is 171 g/mol. The fourth-order valence-electron chi connectivity index (χ4n) is 1.91. The third-order valence-corrected chi connectivity index (χ3v) is 2.95. The van der Waals surface area contributed by atoms with Gasteiger partial charge in [-0.15, -0.1) is 0 Å². The van der Waals surface area contributed by atoms with Gasteiger partial charge in [-0.05, 0) is 32.6 Å². The second-order valence-electron chi connectivity index (χ2n) is 4.57. The van der Waals surface area contributed by atoms with E-state index in [9.17, 15) is 0 Å². The van der Waals surface area contributed by atoms with Crippen LogP contribution < -0.4 is 5.90 Å². The molecule has 2 N–H and O–H groups in total. The van der Waals surface area contributed by atoms with Crippen molar-refractivity contribution in [3.63, 3.8) is 0 Å². The zero-order valence-corrected chi connectivity index (χ0v) is 8.31. The molecule has 72 valence electrons. The average Bonchev–Trinajstić information content (AvgIpc) is 2.53. The molecule has 0 amide bonds. The number of rotatable bonds is 4. The van der Waals surface area contributed by atoms with E-state index < -0.39 is 0 Å². The van der Waals surface area contributed by atoms with Crippen LogP contribution in [0.2, 0.25) is 0 Å². The summed E-state index contributed by atoms with van der Waals surface area (Å²) < 4.78 is 0. The molecule has 1 fully saturated rings. The summed E-state index contributed by atoms with van der Waals surface area (Å²) in [6.07, 6.45) is 8.06. The fourth-order valence-corrected chi connectivity index (χ4v) is 1.91. The molecule has 0 aromatic heterocycles. The minimum atomic E-state index is -0.122. The first-order valence-electron chi connectivity index (χ1n) is 5.02. The molecule has 0 heterocycles. The maximum atomic E-state index is 5.19. The largest absolute Gasteiger partial charge is 0.299 e. The standard InChI is InChI=1S/C10H21NO/c1-10(2,12-11)8-7-9-5-3-4-6-9/h9H,3-8,11H2,1-2H3. The van der Waals surface area contributed by atoms with Crippen molar-refractivity contribution >= 4 is 0 Å². The first-order valence-corrected chi connectivity index (χ1v) is 5.02. The van der Waals surface area contributed by atoms with Crippen LogP contribution in [0.5, 0.6) is 0 Å². The van der Waals surface area contributed by atoms with Crippen LogP contribution in [0.4, 0.5) is 0 Å². The molecule has 1 rings (SSSR count). The van der Waals surface area contributed by atoms with E-state index in [0.29, 0.717) is 0 Å². The molecular weight excluding hydrogens is 150 g/mol. The lowest BCUT2D eigenvalue weighted by Crippen LogP contribution is -2.28. The van der Waals surface area contributed by atoms with Gasteiger partial charge in [0, 0.05) is 0 Å². The third kappa shape index (κ3) is 3.11. The fraction of sp³-hybridized carbons (Fsp3) is 1.00. The molecule has 0 aliphatic heterocycles. The van der Waals surface area contributed by atoms with Gasteiger partial charge in [-0.25, -0.2) is 5.90 Å². The van der Waals surface area contributed by atoms with E-state index in [1.165, 1.54) is 32.1 Å². The minimum Gasteiger partial charge on any atom is -0.299 e. The highest BCUT2D eigenvalue weighted by atomic mass is 16.6. The molecule has 2 heteroatoms. The predicted octanol–water partition coefficient (Wildman–Crippen LogP) is 2.63. The van der Waals surface area contributed by atoms with Crippen LogP contribution in [-0.4, -0.2) is 5.60 Å². The molecule has 0 radical (unpaired) electrons. The van der Waals surface area contributed by atoms with Crippen molar-refractivity contribution in [2.75, 3.05) is 0 Å². The molecule has 0 aromatic carbocycles. The smallest absolute Gasteiger partial charge is 0.0838 e. The summed E-state index contributed by atoms with van der Waals surface area (Å²) in [6.45, 7) is 4.11. The van der Waals surface area contributed by atoms with Crippen molar-refractivity contribution in [2.45, 2.75) is 58.0 Å². The van der Waals surface area contributed by atoms with Gasteiger partial charge in [0.05, 0.1) is 5.60 Å². The Kier molecular flexibility index (Phi) is 3.53. The van der Waals surface area contributed by atoms with Gasteiger partial charge in [0.15, 0.2) is 0 Å². The summed E-state index contributed by atoms with van der Waals surface area (Å²) in [5, 5.41) is 0. The summed E-state index contributed by atoms with van der Waals surface area (Å²) in [4.78, 5) is 4.90. The number of nitrogens with two attached hydrogens (primary N) is 1. The van der Waals surface area contributed by atoms with Crippen molar-refractivity contribution in [3.05, 3.63) is 0 Å². The Balaban J connectivity index is 2.15. The van der Waals surface area contributed by atoms with Crippen LogP contribution in [0.1, 0.15) is 52.4 Å². The second kappa shape index (κ2) is 4.24. The maximum absolute atomic E-state index is 5.19. The Morgan fingerprint density at radius 3 is 2.42 bits per heavy atom. The topological polar surface area (TPSA) is 35.2 Å². The summed E-state index contributed by atoms with van der Waals surface area (Å²) in [7, 11) is 0. The first kappa shape index (κ1) is 10.0. The Hall–Kier alpha value is -0.0800. The molecule has 0 aromatic rings. The van der Waals surface area contributed by atoms with Crippen LogP contribution in [0.15, 0.2) is 0 Å². The van der Waals surface area contributed by atoms with E-state index in [1.807, 2.05) is 0 Å². The van der Waals surface area contributed by atoms with Gasteiger partial charge in [0.1, 0.15) is 0 Å². The van der Waals surface area contributed by atoms with Gasteiger partial charge in [-0.3, -0.25) is 4.84 Å². The van der Waals surface area contributed by atoms with E-state index in [4.69, 9.17) is 10.7 Å². The van der Waals surface area contributed by atoms with Crippen molar-refractivity contribution in [2.24, 2.45) is 11.8 Å². The normalized spacial score (nSPS) is 20.2. The van der Waals surface area contributed by atoms with Crippen LogP contribution >= 0.6 is 0 Å². The minimum absolute atomic E-state index is 0.122. The molecule has 0 atom stereocenters. The Bertz CT molecular complexity index is 128. The maximum Gasteiger partial charge on any atom is 0.0838 e. The van der Waals surface area contributed by atoms with Crippen molar-refractivity contribution in [1.29, 1.82) is 0 Å². The summed E-state index contributed by atoms with van der Waals surface area (Å²) in [5.74, 6) is 6.13. The highest BCUT2D eigenvalue weighted by molar-refractivity contribution is 4.73. The van der Waals surface area contributed by atoms with Crippen LogP contribution in [0.25, 0.3) is 0 Å². The molecular formula is C10H21NO. The lowest BCUT2D eigenvalue weighted by atomic mass is 9.94. The first-order chi connectivity index (χ1) is 5.64. The summed E-state index contributed by atoms with van der Waals surface area (Å²) >= 11 is 0. The van der Waals surface area contributed by atoms with Crippen molar-refractivity contribution in [1.82, 2.24) is 0 Å². The van der Waals surface area contributed by atoms with Gasteiger partial charge in [-0.1, -0.05) is 25.7 Å². The summed E-state index contributed by atoms with van der Waals surface area (Å²) in [6, 6.07) is 0. The van der Waals surface area contributed by atoms with E-state index in [1.54, 1.807) is 0 Å². The van der Waals surface area contributed by atoms with Gasteiger partial charge in [0.2, 0.25) is 0 Å².